The molecule has 3 rings (SSSR count). The van der Waals surface area contributed by atoms with Gasteiger partial charge in [-0.1, -0.05) is 25.9 Å². The molecule has 0 aliphatic rings. The predicted molar refractivity (Wildman–Crippen MR) is 99.2 cm³/mol. The monoisotopic (exact) mass is 356 g/mol. The second-order valence-corrected chi connectivity index (χ2v) is 7.73. The van der Waals surface area contributed by atoms with Crippen LogP contribution in [0.5, 0.6) is 0 Å². The summed E-state index contributed by atoms with van der Waals surface area (Å²) in [6.45, 7) is 8.04. The van der Waals surface area contributed by atoms with Crippen molar-refractivity contribution in [1.82, 2.24) is 10.1 Å². The van der Waals surface area contributed by atoms with E-state index in [0.29, 0.717) is 16.6 Å². The molecular weight excluding hydrogens is 336 g/mol. The Bertz CT molecular complexity index is 908. The Balaban J connectivity index is 1.99. The van der Waals surface area contributed by atoms with Gasteiger partial charge in [0.2, 0.25) is 0 Å². The van der Waals surface area contributed by atoms with E-state index in [1.807, 2.05) is 51.4 Å². The van der Waals surface area contributed by atoms with Crippen LogP contribution in [0.25, 0.3) is 11.1 Å². The van der Waals surface area contributed by atoms with Crippen molar-refractivity contribution in [3.8, 4) is 11.1 Å². The van der Waals surface area contributed by atoms with Gasteiger partial charge < -0.3 is 10.3 Å². The fourth-order valence-corrected chi connectivity index (χ4v) is 3.37. The molecule has 0 fully saturated rings. The van der Waals surface area contributed by atoms with Gasteiger partial charge in [-0.15, -0.1) is 11.3 Å². The summed E-state index contributed by atoms with van der Waals surface area (Å²) in [5, 5.41) is 6.70. The van der Waals surface area contributed by atoms with Crippen molar-refractivity contribution < 1.29 is 9.32 Å². The first-order valence-electron chi connectivity index (χ1n) is 7.83. The van der Waals surface area contributed by atoms with E-state index in [0.717, 1.165) is 16.7 Å². The summed E-state index contributed by atoms with van der Waals surface area (Å²) in [5.41, 5.74) is 8.53. The van der Waals surface area contributed by atoms with Crippen LogP contribution in [0, 0.1) is 6.92 Å². The number of amides is 2. The largest absolute Gasteiger partial charge is 0.359 e. The summed E-state index contributed by atoms with van der Waals surface area (Å²) in [7, 11) is 0. The molecule has 2 N–H and O–H groups in total. The van der Waals surface area contributed by atoms with Gasteiger partial charge in [-0.2, -0.15) is 0 Å². The number of aryl methyl sites for hydroxylation is 1. The van der Waals surface area contributed by atoms with Gasteiger partial charge in [0.05, 0.1) is 0 Å². The Kier molecular flexibility index (Phi) is 4.34. The molecule has 25 heavy (non-hydrogen) atoms. The minimum Gasteiger partial charge on any atom is -0.359 e. The van der Waals surface area contributed by atoms with Gasteiger partial charge in [0.15, 0.2) is 5.82 Å². The van der Waals surface area contributed by atoms with E-state index < -0.39 is 6.03 Å². The van der Waals surface area contributed by atoms with Crippen LogP contribution >= 0.6 is 11.3 Å². The van der Waals surface area contributed by atoms with Crippen LogP contribution in [0.3, 0.4) is 0 Å². The third-order valence-corrected chi connectivity index (χ3v) is 4.74. The number of hydrogen-bond acceptors (Lipinski definition) is 5. The molecule has 0 saturated heterocycles. The highest BCUT2D eigenvalue weighted by atomic mass is 32.1. The molecule has 3 heterocycles. The summed E-state index contributed by atoms with van der Waals surface area (Å²) >= 11 is 1.42. The number of anilines is 2. The van der Waals surface area contributed by atoms with Crippen LogP contribution in [0.15, 0.2) is 40.5 Å². The standard InChI is InChI=1S/C18H20N4O2S/c1-11-9-20-6-5-13(11)12-7-16(25-10-12)22(17(19)23)15-8-14(24-21-15)18(2,3)4/h5-10H,1-4H3,(H2,19,23). The van der Waals surface area contributed by atoms with Crippen LogP contribution in [0.2, 0.25) is 0 Å². The number of nitrogens with two attached hydrogens (primary N) is 1. The maximum Gasteiger partial charge on any atom is 0.325 e. The Morgan fingerprint density at radius 3 is 2.68 bits per heavy atom. The topological polar surface area (TPSA) is 85.3 Å². The molecule has 0 unspecified atom stereocenters. The van der Waals surface area contributed by atoms with Crippen molar-refractivity contribution >= 4 is 28.2 Å². The number of pyridine rings is 1. The molecule has 0 bridgehead atoms. The predicted octanol–water partition coefficient (Wildman–Crippen LogP) is 4.62. The fourth-order valence-electron chi connectivity index (χ4n) is 2.44. The van der Waals surface area contributed by atoms with Crippen molar-refractivity contribution in [2.45, 2.75) is 33.1 Å². The van der Waals surface area contributed by atoms with Crippen LogP contribution in [0.4, 0.5) is 15.6 Å². The van der Waals surface area contributed by atoms with E-state index in [4.69, 9.17) is 10.3 Å². The van der Waals surface area contributed by atoms with Gasteiger partial charge in [-0.25, -0.2) is 9.69 Å². The van der Waals surface area contributed by atoms with Crippen LogP contribution < -0.4 is 10.6 Å². The summed E-state index contributed by atoms with van der Waals surface area (Å²) in [6, 6.07) is 5.02. The smallest absolute Gasteiger partial charge is 0.325 e. The Hall–Kier alpha value is -2.67. The lowest BCUT2D eigenvalue weighted by Crippen LogP contribution is -2.31. The lowest BCUT2D eigenvalue weighted by Gasteiger charge is -2.15. The quantitative estimate of drug-likeness (QED) is 0.742. The number of thiophene rings is 1. The van der Waals surface area contributed by atoms with Crippen LogP contribution in [-0.4, -0.2) is 16.2 Å². The van der Waals surface area contributed by atoms with Gasteiger partial charge in [0.25, 0.3) is 0 Å². The number of primary amides is 1. The molecule has 0 saturated carbocycles. The molecule has 0 radical (unpaired) electrons. The second kappa shape index (κ2) is 6.33. The lowest BCUT2D eigenvalue weighted by molar-refractivity contribution is 0.255. The molecule has 3 aromatic rings. The second-order valence-electron chi connectivity index (χ2n) is 6.84. The Labute approximate surface area is 150 Å². The van der Waals surface area contributed by atoms with Gasteiger partial charge in [-0.05, 0) is 35.7 Å². The zero-order valence-electron chi connectivity index (χ0n) is 14.6. The zero-order valence-corrected chi connectivity index (χ0v) is 15.4. The normalized spacial score (nSPS) is 11.5. The van der Waals surface area contributed by atoms with E-state index >= 15 is 0 Å². The van der Waals surface area contributed by atoms with Gasteiger partial charge in [0, 0.05) is 29.3 Å². The molecule has 0 aliphatic carbocycles. The highest BCUT2D eigenvalue weighted by Gasteiger charge is 2.25. The molecule has 2 amide bonds. The molecule has 3 aromatic heterocycles. The fraction of sp³-hybridized carbons (Fsp3) is 0.278. The summed E-state index contributed by atoms with van der Waals surface area (Å²) in [5.74, 6) is 1.08. The van der Waals surface area contributed by atoms with Crippen molar-refractivity contribution in [3.63, 3.8) is 0 Å². The Morgan fingerprint density at radius 2 is 2.08 bits per heavy atom. The summed E-state index contributed by atoms with van der Waals surface area (Å²) in [6.07, 6.45) is 3.56. The van der Waals surface area contributed by atoms with Crippen LogP contribution in [0.1, 0.15) is 32.1 Å². The van der Waals surface area contributed by atoms with Crippen molar-refractivity contribution in [1.29, 1.82) is 0 Å². The number of carbonyl (C=O) groups excluding carboxylic acids is 1. The van der Waals surface area contributed by atoms with Crippen molar-refractivity contribution in [3.05, 3.63) is 47.3 Å². The molecule has 7 heteroatoms. The number of nitrogens with zero attached hydrogens (tertiary/aromatic N) is 3. The highest BCUT2D eigenvalue weighted by molar-refractivity contribution is 7.14. The number of urea groups is 1. The summed E-state index contributed by atoms with van der Waals surface area (Å²) in [4.78, 5) is 17.5. The van der Waals surface area contributed by atoms with Gasteiger partial charge in [0.1, 0.15) is 10.8 Å². The number of carbonyl (C=O) groups is 1. The van der Waals surface area contributed by atoms with Crippen LogP contribution in [-0.2, 0) is 5.41 Å². The van der Waals surface area contributed by atoms with Crippen molar-refractivity contribution in [2.75, 3.05) is 4.90 Å². The van der Waals surface area contributed by atoms with Crippen molar-refractivity contribution in [2.24, 2.45) is 5.73 Å². The average Bonchev–Trinajstić information content (AvgIpc) is 3.17. The lowest BCUT2D eigenvalue weighted by atomic mass is 9.93. The third kappa shape index (κ3) is 3.41. The maximum absolute atomic E-state index is 12.0. The molecular formula is C18H20N4O2S. The zero-order chi connectivity index (χ0) is 18.2. The highest BCUT2D eigenvalue weighted by Crippen LogP contribution is 2.37. The minimum absolute atomic E-state index is 0.205. The van der Waals surface area contributed by atoms with E-state index in [1.54, 1.807) is 12.3 Å². The van der Waals surface area contributed by atoms with E-state index in [1.165, 1.54) is 16.2 Å². The number of rotatable bonds is 3. The average molecular weight is 356 g/mol. The Morgan fingerprint density at radius 1 is 1.32 bits per heavy atom. The molecule has 0 spiro atoms. The summed E-state index contributed by atoms with van der Waals surface area (Å²) < 4.78 is 5.39. The van der Waals surface area contributed by atoms with Gasteiger partial charge >= 0.3 is 6.03 Å². The number of hydrogen-bond donors (Lipinski definition) is 1. The molecule has 130 valence electrons. The third-order valence-electron chi connectivity index (χ3n) is 3.82. The molecule has 6 nitrogen and oxygen atoms in total. The first-order chi connectivity index (χ1) is 11.8. The number of aromatic nitrogens is 2. The molecule has 0 aromatic carbocycles. The van der Waals surface area contributed by atoms with E-state index in [-0.39, 0.29) is 5.41 Å². The minimum atomic E-state index is -0.603. The SMILES string of the molecule is Cc1cnccc1-c1csc(N(C(N)=O)c2cc(C(C)(C)C)on2)c1. The molecule has 0 aliphatic heterocycles. The van der Waals surface area contributed by atoms with E-state index in [2.05, 4.69) is 10.1 Å². The maximum atomic E-state index is 12.0. The molecule has 0 atom stereocenters. The van der Waals surface area contributed by atoms with E-state index in [9.17, 15) is 4.79 Å². The van der Waals surface area contributed by atoms with Gasteiger partial charge in [-0.3, -0.25) is 4.98 Å². The first-order valence-corrected chi connectivity index (χ1v) is 8.71. The first kappa shape index (κ1) is 17.2.